The molecule has 36 heavy (non-hydrogen) atoms. The second kappa shape index (κ2) is 12.1. The highest BCUT2D eigenvalue weighted by Gasteiger charge is 2.49. The number of halogens is 3. The van der Waals surface area contributed by atoms with Crippen molar-refractivity contribution in [1.29, 1.82) is 0 Å². The number of hydrogen-bond donors (Lipinski definition) is 0. The predicted molar refractivity (Wildman–Crippen MR) is 125 cm³/mol. The quantitative estimate of drug-likeness (QED) is 0.168. The Bertz CT molecular complexity index is 1290. The summed E-state index contributed by atoms with van der Waals surface area (Å²) in [6, 6.07) is 12.9. The SMILES string of the molecule is C/C(=N\OS(C)(=O)=O)c1ccc(OCCCOc2ccc(/C(C)=N/OS(=O)(=O)C(F)(F)F)cc2)cc1. The third-order valence-corrected chi connectivity index (χ3v) is 5.42. The van der Waals surface area contributed by atoms with E-state index in [9.17, 15) is 30.0 Å². The van der Waals surface area contributed by atoms with Gasteiger partial charge in [-0.1, -0.05) is 10.3 Å². The Morgan fingerprint density at radius 1 is 0.750 bits per heavy atom. The van der Waals surface area contributed by atoms with Crippen molar-refractivity contribution in [2.24, 2.45) is 10.3 Å². The molecule has 0 heterocycles. The molecule has 0 amide bonds. The molecule has 0 aliphatic heterocycles. The minimum Gasteiger partial charge on any atom is -0.493 e. The Kier molecular flexibility index (Phi) is 9.69. The average molecular weight is 553 g/mol. The molecule has 0 saturated heterocycles. The fourth-order valence-electron chi connectivity index (χ4n) is 2.40. The zero-order valence-electron chi connectivity index (χ0n) is 19.4. The number of rotatable bonds is 12. The summed E-state index contributed by atoms with van der Waals surface area (Å²) in [7, 11) is -9.49. The lowest BCUT2D eigenvalue weighted by molar-refractivity contribution is -0.0540. The number of benzene rings is 2. The van der Waals surface area contributed by atoms with E-state index in [1.165, 1.54) is 19.1 Å². The van der Waals surface area contributed by atoms with E-state index in [-0.39, 0.29) is 5.71 Å². The van der Waals surface area contributed by atoms with Crippen molar-refractivity contribution in [3.8, 4) is 11.5 Å². The van der Waals surface area contributed by atoms with Gasteiger partial charge in [0.2, 0.25) is 0 Å². The first-order chi connectivity index (χ1) is 16.7. The lowest BCUT2D eigenvalue weighted by Gasteiger charge is -2.09. The number of hydrogen-bond acceptors (Lipinski definition) is 10. The van der Waals surface area contributed by atoms with Crippen molar-refractivity contribution in [2.75, 3.05) is 19.5 Å². The second-order valence-electron chi connectivity index (χ2n) is 7.21. The van der Waals surface area contributed by atoms with Crippen LogP contribution in [0.5, 0.6) is 11.5 Å². The fourth-order valence-corrected chi connectivity index (χ4v) is 2.94. The Labute approximate surface area is 206 Å². The molecule has 0 saturated carbocycles. The summed E-state index contributed by atoms with van der Waals surface area (Å²) in [6.07, 6.45) is 1.43. The molecule has 0 fully saturated rings. The molecule has 0 atom stereocenters. The molecule has 2 aromatic rings. The summed E-state index contributed by atoms with van der Waals surface area (Å²) < 4.78 is 99.8. The van der Waals surface area contributed by atoms with Crippen molar-refractivity contribution in [2.45, 2.75) is 25.8 Å². The summed E-state index contributed by atoms with van der Waals surface area (Å²) in [5.74, 6) is 1.07. The van der Waals surface area contributed by atoms with E-state index in [1.54, 1.807) is 43.3 Å². The van der Waals surface area contributed by atoms with Crippen LogP contribution in [0.25, 0.3) is 0 Å². The maximum Gasteiger partial charge on any atom is 0.536 e. The maximum atomic E-state index is 12.3. The number of ether oxygens (including phenoxy) is 2. The van der Waals surface area contributed by atoms with E-state index >= 15 is 0 Å². The molecule has 0 aliphatic rings. The molecule has 0 radical (unpaired) electrons. The van der Waals surface area contributed by atoms with Crippen LogP contribution < -0.4 is 9.47 Å². The third-order valence-electron chi connectivity index (χ3n) is 4.24. The molecular formula is C21H23F3N2O8S2. The highest BCUT2D eigenvalue weighted by molar-refractivity contribution is 7.87. The van der Waals surface area contributed by atoms with E-state index in [1.807, 2.05) is 0 Å². The van der Waals surface area contributed by atoms with Gasteiger partial charge >= 0.3 is 25.7 Å². The van der Waals surface area contributed by atoms with Crippen molar-refractivity contribution in [3.63, 3.8) is 0 Å². The second-order valence-corrected chi connectivity index (χ2v) is 10.3. The van der Waals surface area contributed by atoms with Gasteiger partial charge in [0.05, 0.1) is 30.9 Å². The predicted octanol–water partition coefficient (Wildman–Crippen LogP) is 3.82. The summed E-state index contributed by atoms with van der Waals surface area (Å²) in [5, 5.41) is 6.57. The molecule has 0 N–H and O–H groups in total. The Balaban J connectivity index is 1.77. The molecule has 0 unspecified atom stereocenters. The Hall–Kier alpha value is -3.33. The molecule has 0 aliphatic carbocycles. The van der Waals surface area contributed by atoms with E-state index in [4.69, 9.17) is 9.47 Å². The van der Waals surface area contributed by atoms with Crippen LogP contribution in [0.2, 0.25) is 0 Å². The normalized spacial score (nSPS) is 13.3. The van der Waals surface area contributed by atoms with E-state index in [2.05, 4.69) is 18.9 Å². The largest absolute Gasteiger partial charge is 0.536 e. The Morgan fingerprint density at radius 2 is 1.14 bits per heavy atom. The van der Waals surface area contributed by atoms with Crippen molar-refractivity contribution in [1.82, 2.24) is 0 Å². The van der Waals surface area contributed by atoms with Gasteiger partial charge in [0.15, 0.2) is 0 Å². The summed E-state index contributed by atoms with van der Waals surface area (Å²) in [5.41, 5.74) is -4.25. The zero-order valence-corrected chi connectivity index (χ0v) is 21.0. The van der Waals surface area contributed by atoms with Gasteiger partial charge in [0, 0.05) is 6.42 Å². The van der Waals surface area contributed by atoms with Crippen LogP contribution >= 0.6 is 0 Å². The van der Waals surface area contributed by atoms with Gasteiger partial charge < -0.3 is 9.47 Å². The van der Waals surface area contributed by atoms with Gasteiger partial charge in [-0.05, 0) is 73.5 Å². The molecule has 0 spiro atoms. The first kappa shape index (κ1) is 28.9. The van der Waals surface area contributed by atoms with Gasteiger partial charge in [-0.15, -0.1) is 0 Å². The Morgan fingerprint density at radius 3 is 1.50 bits per heavy atom. The lowest BCUT2D eigenvalue weighted by Crippen LogP contribution is -2.24. The first-order valence-electron chi connectivity index (χ1n) is 10.1. The average Bonchev–Trinajstić information content (AvgIpc) is 2.80. The van der Waals surface area contributed by atoms with Gasteiger partial charge in [-0.25, -0.2) is 0 Å². The van der Waals surface area contributed by atoms with Crippen LogP contribution in [0.1, 0.15) is 31.4 Å². The van der Waals surface area contributed by atoms with Gasteiger partial charge in [-0.3, -0.25) is 8.57 Å². The number of oxime groups is 2. The smallest absolute Gasteiger partial charge is 0.493 e. The zero-order chi connectivity index (χ0) is 27.0. The molecule has 15 heteroatoms. The highest BCUT2D eigenvalue weighted by Crippen LogP contribution is 2.25. The number of nitrogens with zero attached hydrogens (tertiary/aromatic N) is 2. The summed E-state index contributed by atoms with van der Waals surface area (Å²) >= 11 is 0. The highest BCUT2D eigenvalue weighted by atomic mass is 32.2. The van der Waals surface area contributed by atoms with Crippen molar-refractivity contribution < 1.29 is 48.0 Å². The van der Waals surface area contributed by atoms with Gasteiger partial charge in [0.25, 0.3) is 0 Å². The standard InChI is InChI=1S/C21H23F3N2O8S2/c1-15(25-33-35(3,27)28)17-5-9-19(10-6-17)31-13-4-14-32-20-11-7-18(8-12-20)16(2)26-34-36(29,30)21(22,23)24/h5-12H,4,13-14H2,1-3H3/b25-15+,26-16+. The minimum atomic E-state index is -5.81. The van der Waals surface area contributed by atoms with Crippen LogP contribution in [0.3, 0.4) is 0 Å². The molecule has 2 rings (SSSR count). The number of alkyl halides is 3. The maximum absolute atomic E-state index is 12.3. The summed E-state index contributed by atoms with van der Waals surface area (Å²) in [6.45, 7) is 3.55. The first-order valence-corrected chi connectivity index (χ1v) is 13.3. The van der Waals surface area contributed by atoms with Crippen LogP contribution in [-0.2, 0) is 28.8 Å². The van der Waals surface area contributed by atoms with Crippen LogP contribution in [0.4, 0.5) is 13.2 Å². The van der Waals surface area contributed by atoms with Crippen LogP contribution in [0, 0.1) is 0 Å². The van der Waals surface area contributed by atoms with Crippen LogP contribution in [0.15, 0.2) is 58.8 Å². The topological polar surface area (TPSA) is 130 Å². The van der Waals surface area contributed by atoms with E-state index in [0.717, 1.165) is 6.26 Å². The molecule has 198 valence electrons. The van der Waals surface area contributed by atoms with E-state index in [0.29, 0.717) is 48.0 Å². The molecule has 10 nitrogen and oxygen atoms in total. The van der Waals surface area contributed by atoms with Gasteiger partial charge in [-0.2, -0.15) is 30.0 Å². The molecular weight excluding hydrogens is 529 g/mol. The van der Waals surface area contributed by atoms with Gasteiger partial charge in [0.1, 0.15) is 11.5 Å². The van der Waals surface area contributed by atoms with Crippen molar-refractivity contribution >= 4 is 31.7 Å². The summed E-state index contributed by atoms with van der Waals surface area (Å²) in [4.78, 5) is 0. The molecule has 2 aromatic carbocycles. The third kappa shape index (κ3) is 9.37. The lowest BCUT2D eigenvalue weighted by atomic mass is 10.1. The monoisotopic (exact) mass is 552 g/mol. The van der Waals surface area contributed by atoms with Crippen LogP contribution in [-0.4, -0.2) is 53.2 Å². The van der Waals surface area contributed by atoms with Crippen molar-refractivity contribution in [3.05, 3.63) is 59.7 Å². The van der Waals surface area contributed by atoms with E-state index < -0.39 is 25.7 Å². The minimum absolute atomic E-state index is 0.0711. The molecule has 0 bridgehead atoms. The fraction of sp³-hybridized carbons (Fsp3) is 0.333. The molecule has 0 aromatic heterocycles.